The summed E-state index contributed by atoms with van der Waals surface area (Å²) in [5, 5.41) is 10.2. The zero-order valence-corrected chi connectivity index (χ0v) is 13.0. The minimum Gasteiger partial charge on any atom is -0.493 e. The number of carbonyl (C=O) groups is 1. The van der Waals surface area contributed by atoms with E-state index in [0.717, 1.165) is 5.56 Å². The van der Waals surface area contributed by atoms with E-state index >= 15 is 0 Å². The fraction of sp³-hybridized carbons (Fsp3) is 0.154. The molecule has 1 amide bonds. The van der Waals surface area contributed by atoms with Crippen molar-refractivity contribution in [3.8, 4) is 11.5 Å². The van der Waals surface area contributed by atoms with Crippen molar-refractivity contribution >= 4 is 28.1 Å². The first-order valence-corrected chi connectivity index (χ1v) is 6.69. The zero-order valence-electron chi connectivity index (χ0n) is 11.4. The number of hydrogen-bond acceptors (Lipinski definition) is 5. The second-order valence-corrected chi connectivity index (χ2v) is 4.76. The van der Waals surface area contributed by atoms with Crippen LogP contribution in [0, 0.1) is 0 Å². The van der Waals surface area contributed by atoms with Crippen LogP contribution in [0.5, 0.6) is 11.5 Å². The molecule has 0 atom stereocenters. The first-order valence-electron chi connectivity index (χ1n) is 5.90. The molecular weight excluding hydrogens is 340 g/mol. The lowest BCUT2D eigenvalue weighted by Gasteiger charge is -2.07. The van der Waals surface area contributed by atoms with Gasteiger partial charge in [0.15, 0.2) is 11.5 Å². The zero-order chi connectivity index (χ0) is 15.2. The largest absolute Gasteiger partial charge is 0.493 e. The number of hydrazone groups is 1. The number of halogens is 1. The molecule has 8 heteroatoms. The molecule has 0 saturated carbocycles. The van der Waals surface area contributed by atoms with Gasteiger partial charge in [-0.3, -0.25) is 9.89 Å². The first-order chi connectivity index (χ1) is 10.2. The molecule has 21 heavy (non-hydrogen) atoms. The van der Waals surface area contributed by atoms with Gasteiger partial charge in [-0.25, -0.2) is 5.43 Å². The van der Waals surface area contributed by atoms with E-state index in [1.54, 1.807) is 32.4 Å². The van der Waals surface area contributed by atoms with Crippen LogP contribution in [0.1, 0.15) is 16.1 Å². The summed E-state index contributed by atoms with van der Waals surface area (Å²) in [4.78, 5) is 11.8. The Bertz CT molecular complexity index is 669. The van der Waals surface area contributed by atoms with Gasteiger partial charge in [-0.05, 0) is 39.7 Å². The van der Waals surface area contributed by atoms with Crippen molar-refractivity contribution in [1.29, 1.82) is 0 Å². The summed E-state index contributed by atoms with van der Waals surface area (Å²) >= 11 is 3.20. The Morgan fingerprint density at radius 2 is 2.14 bits per heavy atom. The normalized spacial score (nSPS) is 10.6. The molecular formula is C13H13BrN4O3. The van der Waals surface area contributed by atoms with Gasteiger partial charge < -0.3 is 9.47 Å². The van der Waals surface area contributed by atoms with E-state index in [1.165, 1.54) is 12.4 Å². The van der Waals surface area contributed by atoms with Crippen LogP contribution in [0.2, 0.25) is 0 Å². The summed E-state index contributed by atoms with van der Waals surface area (Å²) in [5.41, 5.74) is 3.46. The van der Waals surface area contributed by atoms with E-state index in [-0.39, 0.29) is 0 Å². The predicted octanol–water partition coefficient (Wildman–Crippen LogP) is 1.95. The second kappa shape index (κ2) is 6.89. The van der Waals surface area contributed by atoms with Gasteiger partial charge in [-0.2, -0.15) is 10.2 Å². The molecule has 0 radical (unpaired) electrons. The molecule has 2 N–H and O–H groups in total. The Labute approximate surface area is 129 Å². The topological polar surface area (TPSA) is 88.6 Å². The smallest absolute Gasteiger partial charge is 0.290 e. The van der Waals surface area contributed by atoms with Gasteiger partial charge in [0.25, 0.3) is 5.91 Å². The molecule has 0 aliphatic heterocycles. The SMILES string of the molecule is COc1ccc(/C=N\NC(=O)c2[nH]ncc2Br)cc1OC. The minimum absolute atomic E-state index is 0.305. The Kier molecular flexibility index (Phi) is 4.94. The monoisotopic (exact) mass is 352 g/mol. The molecule has 1 aromatic carbocycles. The Morgan fingerprint density at radius 1 is 1.38 bits per heavy atom. The quantitative estimate of drug-likeness (QED) is 0.635. The van der Waals surface area contributed by atoms with Crippen molar-refractivity contribution < 1.29 is 14.3 Å². The number of aromatic amines is 1. The molecule has 0 aliphatic carbocycles. The van der Waals surface area contributed by atoms with E-state index in [0.29, 0.717) is 21.7 Å². The van der Waals surface area contributed by atoms with Gasteiger partial charge in [0, 0.05) is 0 Å². The number of aromatic nitrogens is 2. The Balaban J connectivity index is 2.05. The predicted molar refractivity (Wildman–Crippen MR) is 80.9 cm³/mol. The van der Waals surface area contributed by atoms with E-state index in [4.69, 9.17) is 9.47 Å². The number of carbonyl (C=O) groups excluding carboxylic acids is 1. The highest BCUT2D eigenvalue weighted by Crippen LogP contribution is 2.26. The maximum atomic E-state index is 11.8. The van der Waals surface area contributed by atoms with Gasteiger partial charge in [-0.1, -0.05) is 0 Å². The molecule has 0 aliphatic rings. The number of benzene rings is 1. The third kappa shape index (κ3) is 3.60. The van der Waals surface area contributed by atoms with Crippen LogP contribution in [-0.4, -0.2) is 36.5 Å². The van der Waals surface area contributed by atoms with Crippen LogP contribution in [0.4, 0.5) is 0 Å². The van der Waals surface area contributed by atoms with Crippen molar-refractivity contribution in [1.82, 2.24) is 15.6 Å². The summed E-state index contributed by atoms with van der Waals surface area (Å²) in [6.07, 6.45) is 3.00. The molecule has 2 aromatic rings. The van der Waals surface area contributed by atoms with Crippen LogP contribution in [0.15, 0.2) is 34.0 Å². The summed E-state index contributed by atoms with van der Waals surface area (Å²) in [6.45, 7) is 0. The van der Waals surface area contributed by atoms with Gasteiger partial charge in [0.05, 0.1) is 31.1 Å². The standard InChI is InChI=1S/C13H13BrN4O3/c1-20-10-4-3-8(5-11(10)21-2)6-15-18-13(19)12-9(14)7-16-17-12/h3-7H,1-2H3,(H,16,17)(H,18,19)/b15-6-. The fourth-order valence-corrected chi connectivity index (χ4v) is 1.96. The maximum absolute atomic E-state index is 11.8. The average molecular weight is 353 g/mol. The highest BCUT2D eigenvalue weighted by atomic mass is 79.9. The lowest BCUT2D eigenvalue weighted by molar-refractivity contribution is 0.0949. The van der Waals surface area contributed by atoms with Gasteiger partial charge in [-0.15, -0.1) is 0 Å². The van der Waals surface area contributed by atoms with E-state index in [1.807, 2.05) is 0 Å². The van der Waals surface area contributed by atoms with E-state index in [9.17, 15) is 4.79 Å². The lowest BCUT2D eigenvalue weighted by Crippen LogP contribution is -2.18. The summed E-state index contributed by atoms with van der Waals surface area (Å²) < 4.78 is 10.9. The third-order valence-electron chi connectivity index (χ3n) is 2.61. The molecule has 1 heterocycles. The summed E-state index contributed by atoms with van der Waals surface area (Å²) in [5.74, 6) is 0.820. The number of hydrogen-bond donors (Lipinski definition) is 2. The molecule has 0 saturated heterocycles. The molecule has 110 valence electrons. The van der Waals surface area contributed by atoms with Crippen molar-refractivity contribution in [2.45, 2.75) is 0 Å². The molecule has 0 unspecified atom stereocenters. The maximum Gasteiger partial charge on any atom is 0.290 e. The highest BCUT2D eigenvalue weighted by Gasteiger charge is 2.10. The van der Waals surface area contributed by atoms with Crippen LogP contribution in [0.3, 0.4) is 0 Å². The van der Waals surface area contributed by atoms with Crippen molar-refractivity contribution in [2.24, 2.45) is 5.10 Å². The summed E-state index contributed by atoms with van der Waals surface area (Å²) in [6, 6.07) is 5.30. The number of H-pyrrole nitrogens is 1. The number of nitrogens with one attached hydrogen (secondary N) is 2. The van der Waals surface area contributed by atoms with Crippen molar-refractivity contribution in [3.05, 3.63) is 40.1 Å². The first kappa shape index (κ1) is 15.0. The molecule has 2 rings (SSSR count). The van der Waals surface area contributed by atoms with Crippen molar-refractivity contribution in [2.75, 3.05) is 14.2 Å². The molecule has 0 spiro atoms. The van der Waals surface area contributed by atoms with Crippen LogP contribution >= 0.6 is 15.9 Å². The van der Waals surface area contributed by atoms with Gasteiger partial charge in [0.1, 0.15) is 5.69 Å². The molecule has 7 nitrogen and oxygen atoms in total. The second-order valence-electron chi connectivity index (χ2n) is 3.91. The number of methoxy groups -OCH3 is 2. The van der Waals surface area contributed by atoms with E-state index < -0.39 is 5.91 Å². The third-order valence-corrected chi connectivity index (χ3v) is 3.21. The number of ether oxygens (including phenoxy) is 2. The fourth-order valence-electron chi connectivity index (χ4n) is 1.59. The van der Waals surface area contributed by atoms with Crippen LogP contribution in [0.25, 0.3) is 0 Å². The van der Waals surface area contributed by atoms with Crippen molar-refractivity contribution in [3.63, 3.8) is 0 Å². The van der Waals surface area contributed by atoms with Crippen LogP contribution in [-0.2, 0) is 0 Å². The minimum atomic E-state index is -0.392. The van der Waals surface area contributed by atoms with Crippen LogP contribution < -0.4 is 14.9 Å². The average Bonchev–Trinajstić information content (AvgIpc) is 2.93. The molecule has 1 aromatic heterocycles. The molecule has 0 fully saturated rings. The Morgan fingerprint density at radius 3 is 2.76 bits per heavy atom. The number of rotatable bonds is 5. The van der Waals surface area contributed by atoms with E-state index in [2.05, 4.69) is 36.7 Å². The highest BCUT2D eigenvalue weighted by molar-refractivity contribution is 9.10. The number of nitrogens with zero attached hydrogens (tertiary/aromatic N) is 2. The molecule has 0 bridgehead atoms. The lowest BCUT2D eigenvalue weighted by atomic mass is 10.2. The Hall–Kier alpha value is -2.35. The van der Waals surface area contributed by atoms with Gasteiger partial charge in [0.2, 0.25) is 0 Å². The summed E-state index contributed by atoms with van der Waals surface area (Å²) in [7, 11) is 3.12. The number of amides is 1. The van der Waals surface area contributed by atoms with Gasteiger partial charge >= 0.3 is 0 Å².